The summed E-state index contributed by atoms with van der Waals surface area (Å²) in [4.78, 5) is 0.269. The summed E-state index contributed by atoms with van der Waals surface area (Å²) in [6.45, 7) is 4.67. The molecule has 6 heteroatoms. The maximum atomic E-state index is 12.5. The summed E-state index contributed by atoms with van der Waals surface area (Å²) in [6.07, 6.45) is 2.81. The van der Waals surface area contributed by atoms with Gasteiger partial charge in [0.1, 0.15) is 0 Å². The van der Waals surface area contributed by atoms with E-state index in [2.05, 4.69) is 34.5 Å². The van der Waals surface area contributed by atoms with Gasteiger partial charge in [-0.15, -0.1) is 0 Å². The summed E-state index contributed by atoms with van der Waals surface area (Å²) in [7, 11) is -3.51. The number of hydrogen-bond donors (Lipinski definition) is 2. The van der Waals surface area contributed by atoms with E-state index < -0.39 is 10.0 Å². The molecule has 0 radical (unpaired) electrons. The number of sulfonamides is 1. The lowest BCUT2D eigenvalue weighted by atomic mass is 9.92. The second-order valence-corrected chi connectivity index (χ2v) is 8.73. The minimum Gasteiger partial charge on any atom is -0.326 e. The summed E-state index contributed by atoms with van der Waals surface area (Å²) in [5, 5.41) is 0. The second kappa shape index (κ2) is 5.75. The summed E-state index contributed by atoms with van der Waals surface area (Å²) < 4.78 is 28.4. The van der Waals surface area contributed by atoms with Crippen LogP contribution in [0.15, 0.2) is 27.6 Å². The number of benzene rings is 1. The first-order chi connectivity index (χ1) is 9.23. The van der Waals surface area contributed by atoms with Gasteiger partial charge >= 0.3 is 0 Å². The molecule has 1 aromatic rings. The Balaban J connectivity index is 2.23. The van der Waals surface area contributed by atoms with E-state index in [9.17, 15) is 8.42 Å². The molecule has 0 aliphatic heterocycles. The third-order valence-corrected chi connectivity index (χ3v) is 6.33. The van der Waals surface area contributed by atoms with Gasteiger partial charge in [0.15, 0.2) is 0 Å². The number of rotatable bonds is 4. The van der Waals surface area contributed by atoms with E-state index in [1.54, 1.807) is 12.1 Å². The van der Waals surface area contributed by atoms with E-state index in [-0.39, 0.29) is 16.4 Å². The fourth-order valence-electron chi connectivity index (χ4n) is 2.70. The molecule has 4 nitrogen and oxygen atoms in total. The highest BCUT2D eigenvalue weighted by atomic mass is 79.9. The Morgan fingerprint density at radius 3 is 2.70 bits per heavy atom. The molecular formula is C14H21BrN2O2S. The maximum absolute atomic E-state index is 12.5. The van der Waals surface area contributed by atoms with Crippen LogP contribution in [0.4, 0.5) is 0 Å². The van der Waals surface area contributed by atoms with Crippen molar-refractivity contribution >= 4 is 26.0 Å². The van der Waals surface area contributed by atoms with Gasteiger partial charge < -0.3 is 5.73 Å². The highest BCUT2D eigenvalue weighted by molar-refractivity contribution is 9.10. The molecule has 1 unspecified atom stereocenters. The smallest absolute Gasteiger partial charge is 0.241 e. The van der Waals surface area contributed by atoms with Crippen molar-refractivity contribution in [1.82, 2.24) is 4.72 Å². The van der Waals surface area contributed by atoms with Crippen LogP contribution in [0.1, 0.15) is 38.7 Å². The van der Waals surface area contributed by atoms with E-state index in [4.69, 9.17) is 5.73 Å². The summed E-state index contributed by atoms with van der Waals surface area (Å²) in [5.41, 5.74) is 6.60. The molecule has 0 spiro atoms. The molecule has 20 heavy (non-hydrogen) atoms. The average Bonchev–Trinajstić information content (AvgIpc) is 2.68. The topological polar surface area (TPSA) is 72.2 Å². The van der Waals surface area contributed by atoms with E-state index in [0.29, 0.717) is 11.0 Å². The van der Waals surface area contributed by atoms with Crippen LogP contribution in [0.3, 0.4) is 0 Å². The van der Waals surface area contributed by atoms with Crippen LogP contribution in [0.2, 0.25) is 0 Å². The van der Waals surface area contributed by atoms with Crippen LogP contribution >= 0.6 is 15.9 Å². The molecule has 0 saturated heterocycles. The minimum absolute atomic E-state index is 0.0171. The van der Waals surface area contributed by atoms with Crippen molar-refractivity contribution in [2.75, 3.05) is 0 Å². The maximum Gasteiger partial charge on any atom is 0.241 e. The Morgan fingerprint density at radius 1 is 1.45 bits per heavy atom. The Kier molecular flexibility index (Phi) is 4.59. The molecule has 1 aromatic carbocycles. The number of hydrogen-bond acceptors (Lipinski definition) is 3. The molecule has 1 aliphatic rings. The van der Waals surface area contributed by atoms with Gasteiger partial charge in [0.05, 0.1) is 4.90 Å². The van der Waals surface area contributed by atoms with Crippen molar-refractivity contribution < 1.29 is 8.42 Å². The number of nitrogens with one attached hydrogen (secondary N) is 1. The van der Waals surface area contributed by atoms with Crippen LogP contribution in [-0.4, -0.2) is 14.5 Å². The molecule has 0 heterocycles. The van der Waals surface area contributed by atoms with Gasteiger partial charge in [-0.1, -0.05) is 19.9 Å². The quantitative estimate of drug-likeness (QED) is 0.866. The molecule has 0 aromatic heterocycles. The average molecular weight is 361 g/mol. The van der Waals surface area contributed by atoms with Crippen LogP contribution in [0, 0.1) is 5.41 Å². The van der Waals surface area contributed by atoms with Gasteiger partial charge in [-0.25, -0.2) is 13.1 Å². The fourth-order valence-corrected chi connectivity index (χ4v) is 4.98. The fraction of sp³-hybridized carbons (Fsp3) is 0.571. The van der Waals surface area contributed by atoms with E-state index in [1.807, 2.05) is 6.07 Å². The normalized spacial score (nSPS) is 22.1. The molecule has 0 bridgehead atoms. The molecular weight excluding hydrogens is 340 g/mol. The van der Waals surface area contributed by atoms with Gasteiger partial charge in [-0.3, -0.25) is 0 Å². The van der Waals surface area contributed by atoms with Crippen LogP contribution in [-0.2, 0) is 16.6 Å². The van der Waals surface area contributed by atoms with Gasteiger partial charge in [-0.05, 0) is 58.3 Å². The first kappa shape index (κ1) is 15.9. The zero-order valence-corrected chi connectivity index (χ0v) is 14.2. The Bertz CT molecular complexity index is 599. The molecule has 1 saturated carbocycles. The predicted molar refractivity (Wildman–Crippen MR) is 83.8 cm³/mol. The molecule has 112 valence electrons. The van der Waals surface area contributed by atoms with E-state index in [1.165, 1.54) is 0 Å². The van der Waals surface area contributed by atoms with Gasteiger partial charge in [0, 0.05) is 17.1 Å². The zero-order valence-electron chi connectivity index (χ0n) is 11.8. The van der Waals surface area contributed by atoms with Crippen molar-refractivity contribution in [3.05, 3.63) is 28.2 Å². The Morgan fingerprint density at radius 2 is 2.15 bits per heavy atom. The lowest BCUT2D eigenvalue weighted by Gasteiger charge is -2.18. The summed E-state index contributed by atoms with van der Waals surface area (Å²) >= 11 is 3.31. The van der Waals surface area contributed by atoms with E-state index in [0.717, 1.165) is 24.8 Å². The predicted octanol–water partition coefficient (Wildman–Crippen LogP) is 2.76. The van der Waals surface area contributed by atoms with Crippen LogP contribution < -0.4 is 10.5 Å². The summed E-state index contributed by atoms with van der Waals surface area (Å²) in [6, 6.07) is 5.20. The van der Waals surface area contributed by atoms with Gasteiger partial charge in [0.25, 0.3) is 0 Å². The molecule has 1 atom stereocenters. The highest BCUT2D eigenvalue weighted by Crippen LogP contribution is 2.37. The zero-order chi connectivity index (χ0) is 15.0. The molecule has 1 aliphatic carbocycles. The Hall–Kier alpha value is -0.430. The van der Waals surface area contributed by atoms with E-state index >= 15 is 0 Å². The molecule has 1 fully saturated rings. The van der Waals surface area contributed by atoms with Crippen LogP contribution in [0.25, 0.3) is 0 Å². The third-order valence-electron chi connectivity index (χ3n) is 3.81. The van der Waals surface area contributed by atoms with Crippen molar-refractivity contribution in [1.29, 1.82) is 0 Å². The monoisotopic (exact) mass is 360 g/mol. The third kappa shape index (κ3) is 3.61. The second-order valence-electron chi connectivity index (χ2n) is 6.19. The van der Waals surface area contributed by atoms with Crippen LogP contribution in [0.5, 0.6) is 0 Å². The minimum atomic E-state index is -3.51. The molecule has 3 N–H and O–H groups in total. The first-order valence-corrected chi connectivity index (χ1v) is 9.02. The number of halogens is 1. The first-order valence-electron chi connectivity index (χ1n) is 6.74. The number of nitrogens with two attached hydrogens (primary N) is 1. The summed E-state index contributed by atoms with van der Waals surface area (Å²) in [5.74, 6) is 0. The van der Waals surface area contributed by atoms with Crippen molar-refractivity contribution in [3.8, 4) is 0 Å². The van der Waals surface area contributed by atoms with Crippen molar-refractivity contribution in [2.24, 2.45) is 11.1 Å². The largest absolute Gasteiger partial charge is 0.326 e. The van der Waals surface area contributed by atoms with Gasteiger partial charge in [-0.2, -0.15) is 0 Å². The molecule has 2 rings (SSSR count). The van der Waals surface area contributed by atoms with Crippen molar-refractivity contribution in [2.45, 2.75) is 50.6 Å². The molecule has 0 amide bonds. The van der Waals surface area contributed by atoms with Gasteiger partial charge in [0.2, 0.25) is 10.0 Å². The SMILES string of the molecule is CC1(C)CCC(NS(=O)(=O)c2cc(CN)ccc2Br)C1. The standard InChI is InChI=1S/C14H21BrN2O2S/c1-14(2)6-5-11(8-14)17-20(18,19)13-7-10(9-16)3-4-12(13)15/h3-4,7,11,17H,5-6,8-9,16H2,1-2H3. The van der Waals surface area contributed by atoms with Crippen molar-refractivity contribution in [3.63, 3.8) is 0 Å². The highest BCUT2D eigenvalue weighted by Gasteiger charge is 2.33. The lowest BCUT2D eigenvalue weighted by molar-refractivity contribution is 0.372. The Labute approximate surface area is 129 Å². The lowest BCUT2D eigenvalue weighted by Crippen LogP contribution is -2.33.